The molecule has 3 nitrogen and oxygen atoms in total. The van der Waals surface area contributed by atoms with Gasteiger partial charge >= 0.3 is 0 Å². The number of hydrogen-bond donors (Lipinski definition) is 2. The molecule has 16 heavy (non-hydrogen) atoms. The summed E-state index contributed by atoms with van der Waals surface area (Å²) in [5.41, 5.74) is 0. The first-order chi connectivity index (χ1) is 7.72. The summed E-state index contributed by atoms with van der Waals surface area (Å²) < 4.78 is 5.71. The minimum absolute atomic E-state index is 0.135. The molecule has 1 aromatic rings. The summed E-state index contributed by atoms with van der Waals surface area (Å²) in [5.74, 6) is 0.815. The zero-order valence-corrected chi connectivity index (χ0v) is 10.6. The Morgan fingerprint density at radius 1 is 1.38 bits per heavy atom. The van der Waals surface area contributed by atoms with Crippen molar-refractivity contribution in [2.45, 2.75) is 13.0 Å². The molecule has 0 fully saturated rings. The minimum atomic E-state index is 0.135. The van der Waals surface area contributed by atoms with Crippen molar-refractivity contribution in [1.82, 2.24) is 10.6 Å². The lowest BCUT2D eigenvalue weighted by Crippen LogP contribution is -2.33. The predicted molar refractivity (Wildman–Crippen MR) is 68.3 cm³/mol. The van der Waals surface area contributed by atoms with Crippen molar-refractivity contribution in [3.63, 3.8) is 0 Å². The van der Waals surface area contributed by atoms with Crippen LogP contribution in [0.25, 0.3) is 0 Å². The first-order valence-electron chi connectivity index (χ1n) is 5.50. The highest BCUT2D eigenvalue weighted by Crippen LogP contribution is 2.17. The van der Waals surface area contributed by atoms with Gasteiger partial charge in [0.15, 0.2) is 0 Å². The maximum Gasteiger partial charge on any atom is 0.121 e. The predicted octanol–water partition coefficient (Wildman–Crippen LogP) is 1.92. The largest absolute Gasteiger partial charge is 0.489 e. The second-order valence-corrected chi connectivity index (χ2v) is 4.13. The molecular weight excluding hydrogens is 224 g/mol. The maximum atomic E-state index is 5.87. The summed E-state index contributed by atoms with van der Waals surface area (Å²) >= 11 is 5.87. The number of benzene rings is 1. The number of ether oxygens (including phenoxy) is 1. The average Bonchev–Trinajstić information content (AvgIpc) is 2.24. The third-order valence-corrected chi connectivity index (χ3v) is 2.35. The Morgan fingerprint density at radius 3 is 2.88 bits per heavy atom. The molecular formula is C12H19ClN2O. The highest BCUT2D eigenvalue weighted by atomic mass is 35.5. The molecule has 90 valence electrons. The van der Waals surface area contributed by atoms with Crippen molar-refractivity contribution in [1.29, 1.82) is 0 Å². The summed E-state index contributed by atoms with van der Waals surface area (Å²) in [7, 11) is 1.94. The number of halogens is 1. The molecule has 0 radical (unpaired) electrons. The van der Waals surface area contributed by atoms with Crippen molar-refractivity contribution in [3.8, 4) is 5.75 Å². The molecule has 0 saturated heterocycles. The smallest absolute Gasteiger partial charge is 0.121 e. The topological polar surface area (TPSA) is 33.3 Å². The molecule has 4 heteroatoms. The van der Waals surface area contributed by atoms with Crippen LogP contribution in [0.5, 0.6) is 5.75 Å². The van der Waals surface area contributed by atoms with Crippen molar-refractivity contribution >= 4 is 11.6 Å². The van der Waals surface area contributed by atoms with Gasteiger partial charge < -0.3 is 15.4 Å². The van der Waals surface area contributed by atoms with E-state index in [1.54, 1.807) is 0 Å². The minimum Gasteiger partial charge on any atom is -0.489 e. The molecule has 0 heterocycles. The first kappa shape index (κ1) is 13.3. The molecule has 1 atom stereocenters. The molecule has 0 saturated carbocycles. The van der Waals surface area contributed by atoms with Crippen LogP contribution in [-0.4, -0.2) is 32.8 Å². The third kappa shape index (κ3) is 5.35. The highest BCUT2D eigenvalue weighted by molar-refractivity contribution is 6.30. The van der Waals surface area contributed by atoms with Gasteiger partial charge in [0.1, 0.15) is 11.9 Å². The number of nitrogens with one attached hydrogen (secondary N) is 2. The Balaban J connectivity index is 2.25. The van der Waals surface area contributed by atoms with Gasteiger partial charge in [0.25, 0.3) is 0 Å². The van der Waals surface area contributed by atoms with E-state index in [-0.39, 0.29) is 6.10 Å². The van der Waals surface area contributed by atoms with Crippen LogP contribution in [0.15, 0.2) is 24.3 Å². The Kier molecular flexibility index (Phi) is 6.23. The summed E-state index contributed by atoms with van der Waals surface area (Å²) in [5, 5.41) is 7.08. The standard InChI is InChI=1S/C12H19ClN2O/c1-10(9-15-7-6-14-2)16-12-5-3-4-11(13)8-12/h3-5,8,10,14-15H,6-7,9H2,1-2H3. The molecule has 2 N–H and O–H groups in total. The zero-order chi connectivity index (χ0) is 11.8. The van der Waals surface area contributed by atoms with Crippen molar-refractivity contribution in [2.24, 2.45) is 0 Å². The Morgan fingerprint density at radius 2 is 2.19 bits per heavy atom. The van der Waals surface area contributed by atoms with Crippen molar-refractivity contribution in [2.75, 3.05) is 26.7 Å². The molecule has 0 spiro atoms. The SMILES string of the molecule is CNCCNCC(C)Oc1cccc(Cl)c1. The molecule has 1 aromatic carbocycles. The van der Waals surface area contributed by atoms with Gasteiger partial charge in [-0.25, -0.2) is 0 Å². The lowest BCUT2D eigenvalue weighted by atomic mass is 10.3. The van der Waals surface area contributed by atoms with E-state index < -0.39 is 0 Å². The normalized spacial score (nSPS) is 12.4. The van der Waals surface area contributed by atoms with Crippen molar-refractivity contribution < 1.29 is 4.74 Å². The van der Waals surface area contributed by atoms with Gasteiger partial charge in [0.05, 0.1) is 0 Å². The van der Waals surface area contributed by atoms with Crippen LogP contribution in [0.2, 0.25) is 5.02 Å². The molecule has 0 aliphatic rings. The number of hydrogen-bond acceptors (Lipinski definition) is 3. The van der Waals surface area contributed by atoms with E-state index in [1.807, 2.05) is 38.2 Å². The fourth-order valence-electron chi connectivity index (χ4n) is 1.33. The van der Waals surface area contributed by atoms with E-state index >= 15 is 0 Å². The second kappa shape index (κ2) is 7.49. The third-order valence-electron chi connectivity index (χ3n) is 2.12. The second-order valence-electron chi connectivity index (χ2n) is 3.69. The zero-order valence-electron chi connectivity index (χ0n) is 9.79. The average molecular weight is 243 g/mol. The summed E-state index contributed by atoms with van der Waals surface area (Å²) in [6.07, 6.45) is 0.135. The van der Waals surface area contributed by atoms with Gasteiger partial charge in [0, 0.05) is 24.7 Å². The van der Waals surface area contributed by atoms with E-state index in [9.17, 15) is 0 Å². The maximum absolute atomic E-state index is 5.87. The van der Waals surface area contributed by atoms with Crippen LogP contribution < -0.4 is 15.4 Å². The van der Waals surface area contributed by atoms with Crippen LogP contribution in [0.1, 0.15) is 6.92 Å². The van der Waals surface area contributed by atoms with E-state index in [2.05, 4.69) is 10.6 Å². The van der Waals surface area contributed by atoms with Gasteiger partial charge in [-0.05, 0) is 32.2 Å². The lowest BCUT2D eigenvalue weighted by molar-refractivity contribution is 0.217. The van der Waals surface area contributed by atoms with Crippen LogP contribution in [-0.2, 0) is 0 Å². The Hall–Kier alpha value is -0.770. The summed E-state index contributed by atoms with van der Waals surface area (Å²) in [6, 6.07) is 7.46. The molecule has 0 aromatic heterocycles. The molecule has 0 bridgehead atoms. The van der Waals surface area contributed by atoms with Gasteiger partial charge in [-0.2, -0.15) is 0 Å². The van der Waals surface area contributed by atoms with Crippen LogP contribution in [0.3, 0.4) is 0 Å². The monoisotopic (exact) mass is 242 g/mol. The van der Waals surface area contributed by atoms with E-state index in [0.717, 1.165) is 25.4 Å². The van der Waals surface area contributed by atoms with Crippen LogP contribution in [0, 0.1) is 0 Å². The highest BCUT2D eigenvalue weighted by Gasteiger charge is 2.03. The first-order valence-corrected chi connectivity index (χ1v) is 5.87. The molecule has 1 rings (SSSR count). The molecule has 0 aliphatic heterocycles. The Labute approximate surface area is 102 Å². The van der Waals surface area contributed by atoms with E-state index in [1.165, 1.54) is 0 Å². The number of likely N-dealkylation sites (N-methyl/N-ethyl adjacent to an activating group) is 1. The van der Waals surface area contributed by atoms with Crippen LogP contribution in [0.4, 0.5) is 0 Å². The molecule has 1 unspecified atom stereocenters. The molecule has 0 amide bonds. The summed E-state index contributed by atoms with van der Waals surface area (Å²) in [4.78, 5) is 0. The lowest BCUT2D eigenvalue weighted by Gasteiger charge is -2.15. The Bertz CT molecular complexity index is 307. The fourth-order valence-corrected chi connectivity index (χ4v) is 1.51. The molecule has 0 aliphatic carbocycles. The van der Waals surface area contributed by atoms with Gasteiger partial charge in [0.2, 0.25) is 0 Å². The quantitative estimate of drug-likeness (QED) is 0.717. The van der Waals surface area contributed by atoms with E-state index in [0.29, 0.717) is 5.02 Å². The summed E-state index contributed by atoms with van der Waals surface area (Å²) in [6.45, 7) is 4.77. The number of rotatable bonds is 7. The fraction of sp³-hybridized carbons (Fsp3) is 0.500. The van der Waals surface area contributed by atoms with E-state index in [4.69, 9.17) is 16.3 Å². The van der Waals surface area contributed by atoms with Crippen molar-refractivity contribution in [3.05, 3.63) is 29.3 Å². The van der Waals surface area contributed by atoms with Gasteiger partial charge in [-0.1, -0.05) is 17.7 Å². The van der Waals surface area contributed by atoms with Gasteiger partial charge in [-0.15, -0.1) is 0 Å². The van der Waals surface area contributed by atoms with Gasteiger partial charge in [-0.3, -0.25) is 0 Å². The van der Waals surface area contributed by atoms with Crippen LogP contribution >= 0.6 is 11.6 Å².